The van der Waals surface area contributed by atoms with Crippen LogP contribution in [-0.2, 0) is 6.42 Å². The molecule has 2 aromatic rings. The number of rotatable bonds is 8. The third-order valence-corrected chi connectivity index (χ3v) is 6.72. The first-order chi connectivity index (χ1) is 12.8. The molecule has 1 aliphatic carbocycles. The predicted molar refractivity (Wildman–Crippen MR) is 109 cm³/mol. The number of aliphatic hydroxyl groups excluding tert-OH is 1. The number of hydrogen-bond donors (Lipinski definition) is 2. The molecule has 1 aliphatic heterocycles. The van der Waals surface area contributed by atoms with E-state index < -0.39 is 0 Å². The minimum Gasteiger partial charge on any atom is -0.396 e. The van der Waals surface area contributed by atoms with Gasteiger partial charge < -0.3 is 10.1 Å². The molecule has 1 fully saturated rings. The van der Waals surface area contributed by atoms with Gasteiger partial charge >= 0.3 is 0 Å². The highest BCUT2D eigenvalue weighted by atomic mass is 16.3. The van der Waals surface area contributed by atoms with Crippen molar-refractivity contribution in [2.24, 2.45) is 5.92 Å². The summed E-state index contributed by atoms with van der Waals surface area (Å²) in [6.07, 6.45) is 12.6. The summed E-state index contributed by atoms with van der Waals surface area (Å²) in [5, 5.41) is 11.3. The summed E-state index contributed by atoms with van der Waals surface area (Å²) >= 11 is 0. The number of aliphatic hydroxyl groups is 1. The van der Waals surface area contributed by atoms with Crippen LogP contribution in [0.3, 0.4) is 0 Å². The number of aromatic amines is 1. The first kappa shape index (κ1) is 18.1. The van der Waals surface area contributed by atoms with E-state index in [0.717, 1.165) is 19.4 Å². The number of hydrogen-bond acceptors (Lipinski definition) is 2. The Bertz CT molecular complexity index is 722. The number of fused-ring (bicyclic) bond motifs is 2. The molecule has 2 N–H and O–H groups in total. The summed E-state index contributed by atoms with van der Waals surface area (Å²) in [5.74, 6) is 1.00. The number of likely N-dealkylation sites (tertiary alicyclic amines) is 1. The fourth-order valence-electron chi connectivity index (χ4n) is 5.38. The molecule has 0 bridgehead atoms. The highest BCUT2D eigenvalue weighted by Gasteiger charge is 2.40. The van der Waals surface area contributed by atoms with Gasteiger partial charge in [0.05, 0.1) is 0 Å². The van der Waals surface area contributed by atoms with Gasteiger partial charge in [0.15, 0.2) is 0 Å². The smallest absolute Gasteiger partial charge is 0.0471 e. The van der Waals surface area contributed by atoms with E-state index in [1.54, 1.807) is 0 Å². The molecule has 2 heterocycles. The molecule has 3 atom stereocenters. The van der Waals surface area contributed by atoms with Crippen LogP contribution in [0, 0.1) is 5.92 Å². The highest BCUT2D eigenvalue weighted by Crippen LogP contribution is 2.44. The van der Waals surface area contributed by atoms with Gasteiger partial charge in [0, 0.05) is 42.2 Å². The Labute approximate surface area is 157 Å². The van der Waals surface area contributed by atoms with Gasteiger partial charge in [-0.3, -0.25) is 4.90 Å². The SMILES string of the molecule is CCCCCCCCN1C[C@H](CO)C[C@@H]2c3cccc4[nH]cc(c34)C[C@H]21. The molecule has 142 valence electrons. The zero-order valence-electron chi connectivity index (χ0n) is 16.2. The maximum Gasteiger partial charge on any atom is 0.0471 e. The molecule has 3 heteroatoms. The molecule has 1 aromatic heterocycles. The number of benzene rings is 1. The fourth-order valence-corrected chi connectivity index (χ4v) is 5.38. The molecule has 0 unspecified atom stereocenters. The Balaban J connectivity index is 1.48. The molecule has 3 nitrogen and oxygen atoms in total. The largest absolute Gasteiger partial charge is 0.396 e. The lowest BCUT2D eigenvalue weighted by atomic mass is 9.72. The van der Waals surface area contributed by atoms with Crippen LogP contribution in [0.15, 0.2) is 24.4 Å². The number of nitrogens with one attached hydrogen (secondary N) is 1. The number of nitrogens with zero attached hydrogens (tertiary/aromatic N) is 1. The predicted octanol–water partition coefficient (Wildman–Crippen LogP) is 4.85. The van der Waals surface area contributed by atoms with Crippen molar-refractivity contribution in [3.05, 3.63) is 35.5 Å². The molecule has 0 radical (unpaired) electrons. The van der Waals surface area contributed by atoms with E-state index in [1.165, 1.54) is 67.1 Å². The van der Waals surface area contributed by atoms with Crippen molar-refractivity contribution in [3.63, 3.8) is 0 Å². The van der Waals surface area contributed by atoms with Crippen molar-refractivity contribution < 1.29 is 5.11 Å². The molecular weight excluding hydrogens is 320 g/mol. The van der Waals surface area contributed by atoms with Crippen LogP contribution in [0.2, 0.25) is 0 Å². The zero-order valence-corrected chi connectivity index (χ0v) is 16.2. The minimum absolute atomic E-state index is 0.326. The zero-order chi connectivity index (χ0) is 17.9. The molecule has 4 rings (SSSR count). The van der Waals surface area contributed by atoms with Crippen molar-refractivity contribution in [1.82, 2.24) is 9.88 Å². The third-order valence-electron chi connectivity index (χ3n) is 6.72. The van der Waals surface area contributed by atoms with Crippen LogP contribution in [0.5, 0.6) is 0 Å². The van der Waals surface area contributed by atoms with E-state index in [0.29, 0.717) is 24.5 Å². The number of piperidine rings is 1. The molecule has 1 saturated heterocycles. The molecular formula is C23H34N2O. The van der Waals surface area contributed by atoms with E-state index in [9.17, 15) is 5.11 Å². The van der Waals surface area contributed by atoms with Crippen LogP contribution < -0.4 is 0 Å². The van der Waals surface area contributed by atoms with Crippen molar-refractivity contribution in [1.29, 1.82) is 0 Å². The second-order valence-corrected chi connectivity index (χ2v) is 8.51. The van der Waals surface area contributed by atoms with Gasteiger partial charge in [0.2, 0.25) is 0 Å². The first-order valence-electron chi connectivity index (χ1n) is 10.8. The van der Waals surface area contributed by atoms with Crippen LogP contribution in [0.25, 0.3) is 10.9 Å². The average molecular weight is 355 g/mol. The van der Waals surface area contributed by atoms with Gasteiger partial charge in [-0.1, -0.05) is 51.2 Å². The standard InChI is InChI=1S/C23H34N2O/c1-2-3-4-5-6-7-11-25-15-17(16-26)12-20-19-9-8-10-21-23(19)18(14-24-21)13-22(20)25/h8-10,14,17,20,22,24,26H,2-7,11-13,15-16H2,1H3/t17-,20-,22-/m1/s1. The third kappa shape index (κ3) is 3.44. The topological polar surface area (TPSA) is 39.3 Å². The maximum atomic E-state index is 9.88. The minimum atomic E-state index is 0.326. The molecule has 2 aliphatic rings. The lowest BCUT2D eigenvalue weighted by molar-refractivity contribution is 0.0557. The van der Waals surface area contributed by atoms with E-state index in [2.05, 4.69) is 41.2 Å². The Morgan fingerprint density at radius 2 is 2.00 bits per heavy atom. The van der Waals surface area contributed by atoms with Gasteiger partial charge in [-0.25, -0.2) is 0 Å². The molecule has 0 amide bonds. The van der Waals surface area contributed by atoms with Gasteiger partial charge in [-0.15, -0.1) is 0 Å². The number of aromatic nitrogens is 1. The summed E-state index contributed by atoms with van der Waals surface area (Å²) in [4.78, 5) is 6.19. The Hall–Kier alpha value is -1.32. The Morgan fingerprint density at radius 1 is 1.15 bits per heavy atom. The summed E-state index contributed by atoms with van der Waals surface area (Å²) in [5.41, 5.74) is 4.29. The van der Waals surface area contributed by atoms with Crippen molar-refractivity contribution in [2.75, 3.05) is 19.7 Å². The number of H-pyrrole nitrogens is 1. The maximum absolute atomic E-state index is 9.88. The second-order valence-electron chi connectivity index (χ2n) is 8.51. The van der Waals surface area contributed by atoms with Gasteiger partial charge in [-0.05, 0) is 48.9 Å². The fraction of sp³-hybridized carbons (Fsp3) is 0.652. The summed E-state index contributed by atoms with van der Waals surface area (Å²) in [6.45, 7) is 4.87. The van der Waals surface area contributed by atoms with Crippen LogP contribution in [-0.4, -0.2) is 40.7 Å². The van der Waals surface area contributed by atoms with Gasteiger partial charge in [0.1, 0.15) is 0 Å². The van der Waals surface area contributed by atoms with Crippen LogP contribution in [0.4, 0.5) is 0 Å². The summed E-state index contributed by atoms with van der Waals surface area (Å²) < 4.78 is 0. The van der Waals surface area contributed by atoms with Gasteiger partial charge in [0.25, 0.3) is 0 Å². The molecule has 0 saturated carbocycles. The normalized spacial score (nSPS) is 25.5. The first-order valence-corrected chi connectivity index (χ1v) is 10.8. The van der Waals surface area contributed by atoms with Crippen LogP contribution >= 0.6 is 0 Å². The second kappa shape index (κ2) is 8.14. The van der Waals surface area contributed by atoms with E-state index in [-0.39, 0.29) is 0 Å². The Morgan fingerprint density at radius 3 is 2.85 bits per heavy atom. The van der Waals surface area contributed by atoms with Gasteiger partial charge in [-0.2, -0.15) is 0 Å². The quantitative estimate of drug-likeness (QED) is 0.665. The lowest BCUT2D eigenvalue weighted by Crippen LogP contribution is -2.50. The van der Waals surface area contributed by atoms with E-state index >= 15 is 0 Å². The van der Waals surface area contributed by atoms with Crippen LogP contribution in [0.1, 0.15) is 68.9 Å². The van der Waals surface area contributed by atoms with Crippen molar-refractivity contribution >= 4 is 10.9 Å². The molecule has 0 spiro atoms. The lowest BCUT2D eigenvalue weighted by Gasteiger charge is -2.47. The van der Waals surface area contributed by atoms with E-state index in [1.807, 2.05) is 0 Å². The van der Waals surface area contributed by atoms with Crippen molar-refractivity contribution in [2.45, 2.75) is 70.3 Å². The van der Waals surface area contributed by atoms with Crippen molar-refractivity contribution in [3.8, 4) is 0 Å². The summed E-state index contributed by atoms with van der Waals surface area (Å²) in [6, 6.07) is 7.34. The Kier molecular flexibility index (Phi) is 5.66. The monoisotopic (exact) mass is 354 g/mol. The molecule has 26 heavy (non-hydrogen) atoms. The average Bonchev–Trinajstić information content (AvgIpc) is 3.09. The highest BCUT2D eigenvalue weighted by molar-refractivity contribution is 5.88. The van der Waals surface area contributed by atoms with E-state index in [4.69, 9.17) is 0 Å². The number of unbranched alkanes of at least 4 members (excludes halogenated alkanes) is 5. The summed E-state index contributed by atoms with van der Waals surface area (Å²) in [7, 11) is 0. The molecule has 1 aromatic carbocycles.